The van der Waals surface area contributed by atoms with E-state index >= 15 is 0 Å². The van der Waals surface area contributed by atoms with Crippen LogP contribution >= 0.6 is 0 Å². The summed E-state index contributed by atoms with van der Waals surface area (Å²) in [4.78, 5) is 2.27. The molecule has 0 spiro atoms. The first-order valence-corrected chi connectivity index (χ1v) is 23.6. The van der Waals surface area contributed by atoms with E-state index in [1.54, 1.807) is 6.92 Å². The van der Waals surface area contributed by atoms with E-state index in [0.29, 0.717) is 13.1 Å². The highest BCUT2D eigenvalue weighted by Crippen LogP contribution is 2.34. The first-order valence-electron chi connectivity index (χ1n) is 23.6. The molecule has 2 aromatic carbocycles. The van der Waals surface area contributed by atoms with Gasteiger partial charge in [0.1, 0.15) is 0 Å². The normalized spacial score (nSPS) is 19.4. The van der Waals surface area contributed by atoms with E-state index in [-0.39, 0.29) is 5.92 Å². The monoisotopic (exact) mass is 895 g/mol. The molecule has 1 aliphatic heterocycles. The minimum Gasteiger partial charge on any atom is -0.337 e. The van der Waals surface area contributed by atoms with Crippen LogP contribution in [0.2, 0.25) is 0 Å². The third-order valence-electron chi connectivity index (χ3n) is 10.6. The van der Waals surface area contributed by atoms with Crippen LogP contribution in [0.5, 0.6) is 0 Å². The molecule has 2 aliphatic carbocycles. The Morgan fingerprint density at radius 2 is 1.54 bits per heavy atom. The predicted molar refractivity (Wildman–Crippen MR) is 305 cm³/mol. The molecule has 1 aromatic heterocycles. The van der Waals surface area contributed by atoms with Gasteiger partial charge in [-0.3, -0.25) is 0 Å². The lowest BCUT2D eigenvalue weighted by Gasteiger charge is -2.27. The maximum Gasteiger partial charge on any atom is 0.0500 e. The van der Waals surface area contributed by atoms with Crippen LogP contribution in [0, 0.1) is 43.5 Å². The summed E-state index contributed by atoms with van der Waals surface area (Å²) < 4.78 is 2.46. The van der Waals surface area contributed by atoms with Crippen molar-refractivity contribution in [3.8, 4) is 37.5 Å². The van der Waals surface area contributed by atoms with Crippen molar-refractivity contribution in [3.63, 3.8) is 0 Å². The third kappa shape index (κ3) is 17.6. The van der Waals surface area contributed by atoms with Crippen LogP contribution in [0.4, 0.5) is 0 Å². The fourth-order valence-corrected chi connectivity index (χ4v) is 7.42. The molecule has 3 aromatic rings. The topological polar surface area (TPSA) is 8.17 Å². The Morgan fingerprint density at radius 1 is 0.838 bits per heavy atom. The van der Waals surface area contributed by atoms with E-state index in [9.17, 15) is 0 Å². The maximum absolute atomic E-state index is 5.79. The Morgan fingerprint density at radius 3 is 2.24 bits per heavy atom. The first kappa shape index (κ1) is 56.4. The van der Waals surface area contributed by atoms with Crippen LogP contribution in [-0.2, 0) is 6.54 Å². The van der Waals surface area contributed by atoms with Crippen molar-refractivity contribution in [2.45, 2.75) is 80.7 Å². The van der Waals surface area contributed by atoms with E-state index in [4.69, 9.17) is 6.42 Å². The van der Waals surface area contributed by atoms with Gasteiger partial charge in [-0.2, -0.15) is 0 Å². The third-order valence-corrected chi connectivity index (χ3v) is 10.6. The van der Waals surface area contributed by atoms with Gasteiger partial charge in [0.15, 0.2) is 0 Å². The van der Waals surface area contributed by atoms with Crippen molar-refractivity contribution in [2.24, 2.45) is 5.92 Å². The summed E-state index contributed by atoms with van der Waals surface area (Å²) in [6.45, 7) is 23.7. The van der Waals surface area contributed by atoms with Gasteiger partial charge in [0.05, 0.1) is 5.52 Å². The fourth-order valence-electron chi connectivity index (χ4n) is 7.42. The number of benzene rings is 2. The van der Waals surface area contributed by atoms with Gasteiger partial charge in [0.25, 0.3) is 0 Å². The minimum atomic E-state index is 0.152. The minimum absolute atomic E-state index is 0.152. The second kappa shape index (κ2) is 33.7. The number of nitrogens with zero attached hydrogens (tertiary/aromatic N) is 2. The second-order valence-corrected chi connectivity index (χ2v) is 15.6. The van der Waals surface area contributed by atoms with Gasteiger partial charge >= 0.3 is 0 Å². The highest BCUT2D eigenvalue weighted by molar-refractivity contribution is 6.09. The molecule has 0 fully saturated rings. The number of fused-ring (bicyclic) bond motifs is 3. The molecule has 0 bridgehead atoms. The zero-order valence-electron chi connectivity index (χ0n) is 41.9. The summed E-state index contributed by atoms with van der Waals surface area (Å²) in [6, 6.07) is 15.7. The molecule has 0 saturated carbocycles. The molecule has 6 rings (SSSR count). The molecule has 0 amide bonds. The van der Waals surface area contributed by atoms with Crippen LogP contribution in [0.15, 0.2) is 241 Å². The number of rotatable bonds is 11. The number of para-hydroxylation sites is 1. The Hall–Kier alpha value is -7.70. The smallest absolute Gasteiger partial charge is 0.0500 e. The van der Waals surface area contributed by atoms with Crippen molar-refractivity contribution >= 4 is 27.4 Å². The molecule has 68 heavy (non-hydrogen) atoms. The van der Waals surface area contributed by atoms with E-state index in [0.717, 1.165) is 30.7 Å². The molecule has 0 N–H and O–H groups in total. The number of terminal acetylenes is 3. The van der Waals surface area contributed by atoms with Gasteiger partial charge < -0.3 is 9.47 Å². The van der Waals surface area contributed by atoms with Gasteiger partial charge in [-0.25, -0.2) is 0 Å². The largest absolute Gasteiger partial charge is 0.337 e. The van der Waals surface area contributed by atoms with E-state index in [1.165, 1.54) is 61.7 Å². The molecule has 2 heterocycles. The summed E-state index contributed by atoms with van der Waals surface area (Å²) in [5.41, 5.74) is 11.7. The van der Waals surface area contributed by atoms with Crippen LogP contribution in [0.25, 0.3) is 27.4 Å². The van der Waals surface area contributed by atoms with E-state index in [2.05, 4.69) is 226 Å². The fraction of sp³-hybridized carbons (Fsp3) is 0.212. The zero-order valence-corrected chi connectivity index (χ0v) is 41.9. The molecular weight excluding hydrogens is 821 g/mol. The van der Waals surface area contributed by atoms with Crippen LogP contribution < -0.4 is 0 Å². The highest BCUT2D eigenvalue weighted by Gasteiger charge is 2.16. The first-order chi connectivity index (χ1) is 33.3. The van der Waals surface area contributed by atoms with Crippen LogP contribution in [0.3, 0.4) is 0 Å². The molecule has 1 unspecified atom stereocenters. The molecule has 348 valence electrons. The zero-order chi connectivity index (χ0) is 49.9. The molecule has 3 aliphatic rings. The number of hydrogen-bond acceptors (Lipinski definition) is 1. The average Bonchev–Trinajstić information content (AvgIpc) is 3.45. The lowest BCUT2D eigenvalue weighted by Crippen LogP contribution is -2.22. The average molecular weight is 895 g/mol. The highest BCUT2D eigenvalue weighted by atomic mass is 15.1. The Kier molecular flexibility index (Phi) is 28.0. The Labute approximate surface area is 412 Å². The molecule has 2 heteroatoms. The lowest BCUT2D eigenvalue weighted by atomic mass is 9.92. The van der Waals surface area contributed by atoms with Crippen molar-refractivity contribution in [2.75, 3.05) is 6.54 Å². The summed E-state index contributed by atoms with van der Waals surface area (Å²) in [7, 11) is 0. The molecule has 1 atom stereocenters. The number of allylic oxidation sites excluding steroid dienone is 29. The molecule has 2 nitrogen and oxygen atoms in total. The number of aromatic nitrogens is 1. The lowest BCUT2D eigenvalue weighted by molar-refractivity contribution is 0.496. The van der Waals surface area contributed by atoms with Gasteiger partial charge in [0.2, 0.25) is 0 Å². The van der Waals surface area contributed by atoms with Crippen molar-refractivity contribution in [1.29, 1.82) is 0 Å². The quantitative estimate of drug-likeness (QED) is 0.106. The summed E-state index contributed by atoms with van der Waals surface area (Å²) >= 11 is 0. The van der Waals surface area contributed by atoms with Gasteiger partial charge in [0, 0.05) is 52.8 Å². The standard InChI is InChI=1S/C54H52N2.C4H8.C3H8.C3H4.C2H2/c1-6-10-31-52-42(5)33-34-46(29-22-38-55(52)49(23-7-2)24-8-3)47-35-36-51-50-30-20-21-32-53(50)56(54(51)41-47)39-37-48(45-27-18-14-15-19-28-45)40-43(9-4)44-25-16-12-11-13-17-26-44;1-3-4-2;2*1-3-2;1-2/h2,6,8-12,14,16-32,34-37,40-41,44H,1,4,13,15,33,38-39H2,3,5H3;3-4H,1-2H3;3H2,1-2H3;1H,2H3;1-2H/b12-11-,24-8-,25-16?,26-17-,29-22-,31-10-,43-40+,46-34+,48-37+,49-23+,52-42-;4-3-;;;. The molecule has 0 radical (unpaired) electrons. The number of hydrogen-bond donors (Lipinski definition) is 0. The Bertz CT molecular complexity index is 2690. The second-order valence-electron chi connectivity index (χ2n) is 15.6. The Balaban J connectivity index is 0.00000120. The molecular formula is C66H74N2. The van der Waals surface area contributed by atoms with Crippen LogP contribution in [-0.4, -0.2) is 16.0 Å². The summed E-state index contributed by atoms with van der Waals surface area (Å²) in [5.74, 6) is 5.14. The summed E-state index contributed by atoms with van der Waals surface area (Å²) in [5, 5.41) is 2.50. The van der Waals surface area contributed by atoms with E-state index < -0.39 is 0 Å². The van der Waals surface area contributed by atoms with Crippen molar-refractivity contribution < 1.29 is 0 Å². The van der Waals surface area contributed by atoms with Gasteiger partial charge in [-0.05, 0) is 112 Å². The maximum atomic E-state index is 5.79. The van der Waals surface area contributed by atoms with Crippen molar-refractivity contribution in [3.05, 3.63) is 247 Å². The SMILES string of the molecule is C#C.C#C/C=C(\C=C/C)N1C/C=C\C(c2ccc3c4ccccc4n(C/C=C(\C=C(/C=C)C4C=C/C=C\C/C=C\4)C4=CC=CCC=C4)c3c2)=C/C/C(C)=C1/C=C\C=C.C#CC.C/C=C\C.CCC. The van der Waals surface area contributed by atoms with Crippen LogP contribution in [0.1, 0.15) is 79.7 Å². The molecule has 0 saturated heterocycles. The van der Waals surface area contributed by atoms with Gasteiger partial charge in [-0.1, -0.05) is 203 Å². The van der Waals surface area contributed by atoms with Crippen molar-refractivity contribution in [1.82, 2.24) is 9.47 Å². The summed E-state index contributed by atoms with van der Waals surface area (Å²) in [6.07, 6.45) is 75.9. The van der Waals surface area contributed by atoms with Gasteiger partial charge in [-0.15, -0.1) is 31.6 Å². The predicted octanol–water partition coefficient (Wildman–Crippen LogP) is 17.6. The van der Waals surface area contributed by atoms with E-state index in [1.807, 2.05) is 63.3 Å².